The number of anilines is 2. The highest BCUT2D eigenvalue weighted by atomic mass is 79.9. The normalized spacial score (nSPS) is 9.64. The van der Waals surface area contributed by atoms with Gasteiger partial charge in [0.05, 0.1) is 11.4 Å². The molecule has 0 bridgehead atoms. The van der Waals surface area contributed by atoms with Crippen molar-refractivity contribution in [3.05, 3.63) is 22.7 Å². The minimum absolute atomic E-state index is 0.0674. The van der Waals surface area contributed by atoms with Gasteiger partial charge in [-0.05, 0) is 25.1 Å². The molecule has 4 heteroatoms. The van der Waals surface area contributed by atoms with Gasteiger partial charge in [-0.1, -0.05) is 15.9 Å². The molecule has 0 aliphatic heterocycles. The molecule has 0 saturated carbocycles. The molecular formula is C10H13BrN2O. The van der Waals surface area contributed by atoms with Crippen molar-refractivity contribution in [2.75, 3.05) is 17.2 Å². The fourth-order valence-electron chi connectivity index (χ4n) is 1.15. The Labute approximate surface area is 92.0 Å². The highest BCUT2D eigenvalue weighted by Gasteiger charge is 2.03. The zero-order chi connectivity index (χ0) is 10.6. The Hall–Kier alpha value is -1.03. The minimum atomic E-state index is -0.0674. The lowest BCUT2D eigenvalue weighted by molar-refractivity contribution is -0.114. The van der Waals surface area contributed by atoms with E-state index in [1.54, 1.807) is 0 Å². The SMILES string of the molecule is CCNc1ccc(Br)cc1NC(C)=O. The predicted octanol–water partition coefficient (Wildman–Crippen LogP) is 2.84. The van der Waals surface area contributed by atoms with E-state index in [0.29, 0.717) is 0 Å². The maximum Gasteiger partial charge on any atom is 0.221 e. The van der Waals surface area contributed by atoms with Crippen LogP contribution in [0.3, 0.4) is 0 Å². The van der Waals surface area contributed by atoms with Crippen LogP contribution in [0, 0.1) is 0 Å². The number of hydrogen-bond acceptors (Lipinski definition) is 2. The van der Waals surface area contributed by atoms with Gasteiger partial charge in [-0.15, -0.1) is 0 Å². The van der Waals surface area contributed by atoms with Crippen molar-refractivity contribution >= 4 is 33.2 Å². The number of amides is 1. The Morgan fingerprint density at radius 1 is 1.43 bits per heavy atom. The second-order valence-corrected chi connectivity index (χ2v) is 3.82. The predicted molar refractivity (Wildman–Crippen MR) is 62.6 cm³/mol. The zero-order valence-electron chi connectivity index (χ0n) is 8.23. The molecule has 1 amide bonds. The molecule has 0 atom stereocenters. The lowest BCUT2D eigenvalue weighted by atomic mass is 10.2. The summed E-state index contributed by atoms with van der Waals surface area (Å²) in [6.45, 7) is 4.34. The molecule has 0 spiro atoms. The molecule has 0 radical (unpaired) electrons. The first-order valence-electron chi connectivity index (χ1n) is 4.44. The maximum atomic E-state index is 10.9. The first-order chi connectivity index (χ1) is 6.63. The highest BCUT2D eigenvalue weighted by Crippen LogP contribution is 2.25. The molecule has 76 valence electrons. The van der Waals surface area contributed by atoms with Crippen LogP contribution in [0.4, 0.5) is 11.4 Å². The molecule has 0 saturated heterocycles. The lowest BCUT2D eigenvalue weighted by Crippen LogP contribution is -2.09. The van der Waals surface area contributed by atoms with Crippen LogP contribution in [0.15, 0.2) is 22.7 Å². The molecule has 0 aromatic heterocycles. The van der Waals surface area contributed by atoms with Gasteiger partial charge in [-0.3, -0.25) is 4.79 Å². The number of benzene rings is 1. The largest absolute Gasteiger partial charge is 0.384 e. The maximum absolute atomic E-state index is 10.9. The first-order valence-corrected chi connectivity index (χ1v) is 5.23. The summed E-state index contributed by atoms with van der Waals surface area (Å²) < 4.78 is 0.947. The van der Waals surface area contributed by atoms with Gasteiger partial charge in [0.2, 0.25) is 5.91 Å². The molecular weight excluding hydrogens is 244 g/mol. The molecule has 0 aliphatic rings. The summed E-state index contributed by atoms with van der Waals surface area (Å²) in [7, 11) is 0. The standard InChI is InChI=1S/C10H13BrN2O/c1-3-12-9-5-4-8(11)6-10(9)13-7(2)14/h4-6,12H,3H2,1-2H3,(H,13,14). The third-order valence-electron chi connectivity index (χ3n) is 1.66. The van der Waals surface area contributed by atoms with Gasteiger partial charge in [0.15, 0.2) is 0 Å². The third-order valence-corrected chi connectivity index (χ3v) is 2.15. The molecule has 1 rings (SSSR count). The number of halogens is 1. The number of nitrogens with one attached hydrogen (secondary N) is 2. The summed E-state index contributed by atoms with van der Waals surface area (Å²) in [6, 6.07) is 5.74. The van der Waals surface area contributed by atoms with E-state index in [1.807, 2.05) is 25.1 Å². The van der Waals surface area contributed by atoms with Gasteiger partial charge in [0.25, 0.3) is 0 Å². The summed E-state index contributed by atoms with van der Waals surface area (Å²) >= 11 is 3.36. The van der Waals surface area contributed by atoms with Crippen LogP contribution >= 0.6 is 15.9 Å². The summed E-state index contributed by atoms with van der Waals surface area (Å²) in [4.78, 5) is 10.9. The van der Waals surface area contributed by atoms with Crippen LogP contribution < -0.4 is 10.6 Å². The Morgan fingerprint density at radius 2 is 2.14 bits per heavy atom. The lowest BCUT2D eigenvalue weighted by Gasteiger charge is -2.11. The molecule has 14 heavy (non-hydrogen) atoms. The van der Waals surface area contributed by atoms with Crippen molar-refractivity contribution in [3.8, 4) is 0 Å². The van der Waals surface area contributed by atoms with Crippen LogP contribution in [-0.2, 0) is 4.79 Å². The molecule has 2 N–H and O–H groups in total. The molecule has 1 aromatic rings. The molecule has 0 heterocycles. The fraction of sp³-hybridized carbons (Fsp3) is 0.300. The smallest absolute Gasteiger partial charge is 0.221 e. The second-order valence-electron chi connectivity index (χ2n) is 2.90. The van der Waals surface area contributed by atoms with Crippen molar-refractivity contribution in [2.24, 2.45) is 0 Å². The van der Waals surface area contributed by atoms with E-state index in [9.17, 15) is 4.79 Å². The van der Waals surface area contributed by atoms with E-state index < -0.39 is 0 Å². The first kappa shape index (κ1) is 11.0. The van der Waals surface area contributed by atoms with E-state index in [0.717, 1.165) is 22.4 Å². The average molecular weight is 257 g/mol. The van der Waals surface area contributed by atoms with Crippen molar-refractivity contribution < 1.29 is 4.79 Å². The van der Waals surface area contributed by atoms with Gasteiger partial charge in [0, 0.05) is 17.9 Å². The Morgan fingerprint density at radius 3 is 2.71 bits per heavy atom. The number of carbonyl (C=O) groups is 1. The Balaban J connectivity index is 2.96. The van der Waals surface area contributed by atoms with Gasteiger partial charge < -0.3 is 10.6 Å². The fourth-order valence-corrected chi connectivity index (χ4v) is 1.52. The zero-order valence-corrected chi connectivity index (χ0v) is 9.81. The quantitative estimate of drug-likeness (QED) is 0.874. The molecule has 0 unspecified atom stereocenters. The molecule has 3 nitrogen and oxygen atoms in total. The molecule has 0 fully saturated rings. The van der Waals surface area contributed by atoms with E-state index in [1.165, 1.54) is 6.92 Å². The van der Waals surface area contributed by atoms with E-state index in [2.05, 4.69) is 26.6 Å². The van der Waals surface area contributed by atoms with Crippen LogP contribution in [0.2, 0.25) is 0 Å². The molecule has 0 aliphatic carbocycles. The van der Waals surface area contributed by atoms with Crippen LogP contribution in [0.25, 0.3) is 0 Å². The van der Waals surface area contributed by atoms with Crippen LogP contribution in [0.5, 0.6) is 0 Å². The van der Waals surface area contributed by atoms with Crippen LogP contribution in [0.1, 0.15) is 13.8 Å². The molecule has 1 aromatic carbocycles. The number of rotatable bonds is 3. The Kier molecular flexibility index (Phi) is 3.95. The Bertz CT molecular complexity index is 339. The van der Waals surface area contributed by atoms with Crippen molar-refractivity contribution in [1.29, 1.82) is 0 Å². The summed E-state index contributed by atoms with van der Waals surface area (Å²) in [5.41, 5.74) is 1.74. The average Bonchev–Trinajstić information content (AvgIpc) is 2.09. The van der Waals surface area contributed by atoms with Crippen molar-refractivity contribution in [2.45, 2.75) is 13.8 Å². The topological polar surface area (TPSA) is 41.1 Å². The monoisotopic (exact) mass is 256 g/mol. The number of hydrogen-bond donors (Lipinski definition) is 2. The third kappa shape index (κ3) is 3.03. The van der Waals surface area contributed by atoms with E-state index in [4.69, 9.17) is 0 Å². The minimum Gasteiger partial charge on any atom is -0.384 e. The second kappa shape index (κ2) is 5.00. The summed E-state index contributed by atoms with van der Waals surface area (Å²) in [5, 5.41) is 5.94. The van der Waals surface area contributed by atoms with Crippen LogP contribution in [-0.4, -0.2) is 12.5 Å². The summed E-state index contributed by atoms with van der Waals surface area (Å²) in [5.74, 6) is -0.0674. The summed E-state index contributed by atoms with van der Waals surface area (Å²) in [6.07, 6.45) is 0. The van der Waals surface area contributed by atoms with E-state index in [-0.39, 0.29) is 5.91 Å². The van der Waals surface area contributed by atoms with Gasteiger partial charge >= 0.3 is 0 Å². The van der Waals surface area contributed by atoms with Gasteiger partial charge in [-0.25, -0.2) is 0 Å². The van der Waals surface area contributed by atoms with Gasteiger partial charge in [-0.2, -0.15) is 0 Å². The highest BCUT2D eigenvalue weighted by molar-refractivity contribution is 9.10. The van der Waals surface area contributed by atoms with Crippen molar-refractivity contribution in [1.82, 2.24) is 0 Å². The van der Waals surface area contributed by atoms with E-state index >= 15 is 0 Å². The number of carbonyl (C=O) groups excluding carboxylic acids is 1. The van der Waals surface area contributed by atoms with Gasteiger partial charge in [0.1, 0.15) is 0 Å². The van der Waals surface area contributed by atoms with Crippen molar-refractivity contribution in [3.63, 3.8) is 0 Å².